The lowest BCUT2D eigenvalue weighted by Gasteiger charge is -2.26. The van der Waals surface area contributed by atoms with Gasteiger partial charge < -0.3 is 14.6 Å². The van der Waals surface area contributed by atoms with E-state index in [9.17, 15) is 31.5 Å². The lowest BCUT2D eigenvalue weighted by molar-refractivity contribution is -0.130. The topological polar surface area (TPSA) is 111 Å². The number of rotatable bonds is 8. The van der Waals surface area contributed by atoms with E-state index in [2.05, 4.69) is 10.4 Å². The average molecular weight is 620 g/mol. The normalized spacial score (nSPS) is 18.0. The first kappa shape index (κ1) is 30.2. The van der Waals surface area contributed by atoms with Gasteiger partial charge in [0, 0.05) is 22.2 Å². The molecule has 1 heterocycles. The van der Waals surface area contributed by atoms with Crippen molar-refractivity contribution < 1.29 is 35.7 Å². The van der Waals surface area contributed by atoms with Crippen LogP contribution in [0, 0.1) is 6.92 Å². The van der Waals surface area contributed by atoms with E-state index in [0.29, 0.717) is 40.4 Å². The standard InChI is InChI=1S/C26H26Cl2F3N3O5S/c1-15-23(25(36)32-18-3-2-4-19(35)14-18)33-34(22-10-7-17(27)13-21(22)28)24(15)16-5-8-20(9-6-16)39-40(37,38)12-11-26(29,30)31/h5-10,13,18-19,35H,2-4,11-12,14H2,1H3,(H,32,36)/t18-,19+/m0/s1. The molecule has 0 saturated heterocycles. The lowest BCUT2D eigenvalue weighted by atomic mass is 9.93. The van der Waals surface area contributed by atoms with Crippen molar-refractivity contribution in [3.8, 4) is 22.7 Å². The van der Waals surface area contributed by atoms with Gasteiger partial charge >= 0.3 is 16.3 Å². The number of nitrogens with one attached hydrogen (secondary N) is 1. The summed E-state index contributed by atoms with van der Waals surface area (Å²) in [6.07, 6.45) is -4.02. The second-order valence-corrected chi connectivity index (χ2v) is 12.1. The lowest BCUT2D eigenvalue weighted by Crippen LogP contribution is -2.40. The Balaban J connectivity index is 1.68. The van der Waals surface area contributed by atoms with Crippen LogP contribution in [0.15, 0.2) is 42.5 Å². The minimum absolute atomic E-state index is 0.121. The molecule has 8 nitrogen and oxygen atoms in total. The number of carbonyl (C=O) groups is 1. The third-order valence-corrected chi connectivity index (χ3v) is 8.13. The summed E-state index contributed by atoms with van der Waals surface area (Å²) in [5, 5.41) is 18.1. The molecule has 1 amide bonds. The van der Waals surface area contributed by atoms with E-state index in [1.165, 1.54) is 35.0 Å². The maximum Gasteiger partial charge on any atom is 0.390 e. The molecule has 0 bridgehead atoms. The molecule has 2 atom stereocenters. The Kier molecular flexibility index (Phi) is 9.03. The Morgan fingerprint density at radius 2 is 1.88 bits per heavy atom. The van der Waals surface area contributed by atoms with Crippen molar-refractivity contribution in [2.75, 3.05) is 5.75 Å². The Hall–Kier alpha value is -2.80. The largest absolute Gasteiger partial charge is 0.393 e. The van der Waals surface area contributed by atoms with Crippen LogP contribution < -0.4 is 9.50 Å². The first-order chi connectivity index (χ1) is 18.7. The number of hydrogen-bond donors (Lipinski definition) is 2. The molecule has 2 aromatic carbocycles. The van der Waals surface area contributed by atoms with Crippen molar-refractivity contribution >= 4 is 39.2 Å². The van der Waals surface area contributed by atoms with Gasteiger partial charge in [0.1, 0.15) is 5.75 Å². The summed E-state index contributed by atoms with van der Waals surface area (Å²) in [4.78, 5) is 13.3. The van der Waals surface area contributed by atoms with E-state index in [4.69, 9.17) is 27.4 Å². The Morgan fingerprint density at radius 3 is 2.50 bits per heavy atom. The zero-order chi connectivity index (χ0) is 29.2. The molecule has 2 N–H and O–H groups in total. The van der Waals surface area contributed by atoms with Gasteiger partial charge in [-0.25, -0.2) is 4.68 Å². The van der Waals surface area contributed by atoms with Crippen LogP contribution in [0.5, 0.6) is 5.75 Å². The van der Waals surface area contributed by atoms with Crippen molar-refractivity contribution in [1.82, 2.24) is 15.1 Å². The highest BCUT2D eigenvalue weighted by Crippen LogP contribution is 2.34. The van der Waals surface area contributed by atoms with Crippen LogP contribution >= 0.6 is 23.2 Å². The fraction of sp³-hybridized carbons (Fsp3) is 0.385. The molecule has 1 fully saturated rings. The van der Waals surface area contributed by atoms with E-state index in [1.54, 1.807) is 19.1 Å². The van der Waals surface area contributed by atoms with Gasteiger partial charge in [0.25, 0.3) is 5.91 Å². The summed E-state index contributed by atoms with van der Waals surface area (Å²) < 4.78 is 67.7. The number of amides is 1. The summed E-state index contributed by atoms with van der Waals surface area (Å²) >= 11 is 12.5. The molecule has 0 unspecified atom stereocenters. The Bertz CT molecular complexity index is 1490. The fourth-order valence-corrected chi connectivity index (χ4v) is 5.98. The van der Waals surface area contributed by atoms with Crippen molar-refractivity contribution in [2.45, 2.75) is 57.3 Å². The number of benzene rings is 2. The first-order valence-corrected chi connectivity index (χ1v) is 14.7. The molecule has 40 heavy (non-hydrogen) atoms. The number of nitrogens with zero attached hydrogens (tertiary/aromatic N) is 2. The van der Waals surface area contributed by atoms with Crippen LogP contribution in [0.3, 0.4) is 0 Å². The van der Waals surface area contributed by atoms with Gasteiger partial charge in [-0.3, -0.25) is 4.79 Å². The van der Waals surface area contributed by atoms with Gasteiger partial charge in [0.05, 0.1) is 34.7 Å². The Labute approximate surface area is 239 Å². The third kappa shape index (κ3) is 7.48. The second kappa shape index (κ2) is 12.0. The van der Waals surface area contributed by atoms with E-state index in [0.717, 1.165) is 12.8 Å². The fourth-order valence-electron chi connectivity index (χ4n) is 4.52. The zero-order valence-electron chi connectivity index (χ0n) is 21.2. The zero-order valence-corrected chi connectivity index (χ0v) is 23.5. The quantitative estimate of drug-likeness (QED) is 0.306. The molecule has 1 saturated carbocycles. The molecule has 216 valence electrons. The van der Waals surface area contributed by atoms with Crippen LogP contribution in [0.1, 0.15) is 48.2 Å². The molecular weight excluding hydrogens is 594 g/mol. The Morgan fingerprint density at radius 1 is 1.18 bits per heavy atom. The highest BCUT2D eigenvalue weighted by Gasteiger charge is 2.31. The molecule has 0 spiro atoms. The summed E-state index contributed by atoms with van der Waals surface area (Å²) in [5.41, 5.74) is 2.00. The highest BCUT2D eigenvalue weighted by atomic mass is 35.5. The number of hydrogen-bond acceptors (Lipinski definition) is 6. The molecule has 1 aliphatic carbocycles. The van der Waals surface area contributed by atoms with E-state index >= 15 is 0 Å². The molecule has 0 radical (unpaired) electrons. The molecule has 3 aromatic rings. The predicted molar refractivity (Wildman–Crippen MR) is 145 cm³/mol. The van der Waals surface area contributed by atoms with E-state index < -0.39 is 40.5 Å². The van der Waals surface area contributed by atoms with E-state index in [1.807, 2.05) is 0 Å². The number of carbonyl (C=O) groups excluding carboxylic acids is 1. The van der Waals surface area contributed by atoms with Gasteiger partial charge in [0.15, 0.2) is 5.69 Å². The third-order valence-electron chi connectivity index (χ3n) is 6.44. The monoisotopic (exact) mass is 619 g/mol. The number of aliphatic hydroxyl groups is 1. The maximum absolute atomic E-state index is 13.3. The van der Waals surface area contributed by atoms with Gasteiger partial charge in [-0.2, -0.15) is 26.7 Å². The molecule has 0 aliphatic heterocycles. The number of halogens is 5. The summed E-state index contributed by atoms with van der Waals surface area (Å²) in [5.74, 6) is -1.82. The number of aliphatic hydroxyl groups excluding tert-OH is 1. The molecule has 14 heteroatoms. The minimum Gasteiger partial charge on any atom is -0.393 e. The van der Waals surface area contributed by atoms with Gasteiger partial charge in [-0.1, -0.05) is 23.2 Å². The van der Waals surface area contributed by atoms with Crippen molar-refractivity contribution in [3.63, 3.8) is 0 Å². The van der Waals surface area contributed by atoms with Gasteiger partial charge in [0.2, 0.25) is 0 Å². The van der Waals surface area contributed by atoms with Crippen molar-refractivity contribution in [3.05, 3.63) is 63.8 Å². The maximum atomic E-state index is 13.3. The minimum atomic E-state index is -4.64. The second-order valence-electron chi connectivity index (χ2n) is 9.56. The average Bonchev–Trinajstić information content (AvgIpc) is 3.19. The van der Waals surface area contributed by atoms with Crippen LogP contribution in [-0.2, 0) is 10.1 Å². The molecular formula is C26H26Cl2F3N3O5S. The molecule has 1 aromatic heterocycles. The smallest absolute Gasteiger partial charge is 0.390 e. The molecule has 1 aliphatic rings. The number of aromatic nitrogens is 2. The van der Waals surface area contributed by atoms with Gasteiger partial charge in [-0.15, -0.1) is 0 Å². The van der Waals surface area contributed by atoms with Crippen LogP contribution in [-0.4, -0.2) is 53.3 Å². The molecule has 4 rings (SSSR count). The van der Waals surface area contributed by atoms with Crippen molar-refractivity contribution in [2.24, 2.45) is 0 Å². The first-order valence-electron chi connectivity index (χ1n) is 12.4. The summed E-state index contributed by atoms with van der Waals surface area (Å²) in [7, 11) is -4.48. The summed E-state index contributed by atoms with van der Waals surface area (Å²) in [6.45, 7) is 1.69. The van der Waals surface area contributed by atoms with E-state index in [-0.39, 0.29) is 22.5 Å². The van der Waals surface area contributed by atoms with Crippen molar-refractivity contribution in [1.29, 1.82) is 0 Å². The van der Waals surface area contributed by atoms with Gasteiger partial charge in [-0.05, 0) is 75.1 Å². The van der Waals surface area contributed by atoms with Crippen LogP contribution in [0.2, 0.25) is 10.0 Å². The predicted octanol–water partition coefficient (Wildman–Crippen LogP) is 5.85. The number of alkyl halides is 3. The van der Waals surface area contributed by atoms with Crippen LogP contribution in [0.4, 0.5) is 13.2 Å². The SMILES string of the molecule is Cc1c(C(=O)N[C@H]2CCC[C@@H](O)C2)nn(-c2ccc(Cl)cc2Cl)c1-c1ccc(OS(=O)(=O)CCC(F)(F)F)cc1. The van der Waals surface area contributed by atoms with Crippen LogP contribution in [0.25, 0.3) is 16.9 Å². The summed E-state index contributed by atoms with van der Waals surface area (Å²) in [6, 6.07) is 10.1. The highest BCUT2D eigenvalue weighted by molar-refractivity contribution is 7.87.